The Bertz CT molecular complexity index is 794. The predicted molar refractivity (Wildman–Crippen MR) is 85.3 cm³/mol. The zero-order valence-electron chi connectivity index (χ0n) is 11.0. The van der Waals surface area contributed by atoms with Crippen LogP contribution < -0.4 is 0 Å². The lowest BCUT2D eigenvalue weighted by Gasteiger charge is -2.01. The second kappa shape index (κ2) is 5.66. The number of hydrogen-bond acceptors (Lipinski definition) is 2. The summed E-state index contributed by atoms with van der Waals surface area (Å²) in [5, 5.41) is 0.608. The van der Waals surface area contributed by atoms with E-state index in [0.717, 1.165) is 26.7 Å². The maximum absolute atomic E-state index is 13.3. The van der Waals surface area contributed by atoms with E-state index in [1.54, 1.807) is 0 Å². The molecule has 0 unspecified atom stereocenters. The minimum atomic E-state index is -0.597. The highest BCUT2D eigenvalue weighted by Gasteiger charge is 2.14. The molecule has 21 heavy (non-hydrogen) atoms. The first-order chi connectivity index (χ1) is 10.0. The van der Waals surface area contributed by atoms with Gasteiger partial charge in [-0.3, -0.25) is 0 Å². The summed E-state index contributed by atoms with van der Waals surface area (Å²) in [4.78, 5) is 5.55. The summed E-state index contributed by atoms with van der Waals surface area (Å²) in [6.07, 6.45) is 0. The van der Waals surface area contributed by atoms with Gasteiger partial charge in [-0.05, 0) is 25.1 Å². The van der Waals surface area contributed by atoms with Crippen molar-refractivity contribution in [2.75, 3.05) is 0 Å². The first kappa shape index (κ1) is 14.4. The molecular formula is C16H10BrF2NS. The maximum Gasteiger partial charge on any atom is 0.126 e. The summed E-state index contributed by atoms with van der Waals surface area (Å²) in [6, 6.07) is 11.2. The zero-order valence-corrected chi connectivity index (χ0v) is 13.4. The van der Waals surface area contributed by atoms with E-state index >= 15 is 0 Å². The van der Waals surface area contributed by atoms with Crippen LogP contribution in [0.15, 0.2) is 46.9 Å². The first-order valence-electron chi connectivity index (χ1n) is 6.23. The van der Waals surface area contributed by atoms with E-state index in [1.165, 1.54) is 23.5 Å². The van der Waals surface area contributed by atoms with Gasteiger partial charge in [-0.1, -0.05) is 34.1 Å². The Morgan fingerprint density at radius 2 is 1.71 bits per heavy atom. The summed E-state index contributed by atoms with van der Waals surface area (Å²) in [6.45, 7) is 1.95. The molecule has 0 radical (unpaired) electrons. The minimum absolute atomic E-state index is 0.457. The lowest BCUT2D eigenvalue weighted by atomic mass is 10.1. The molecule has 0 saturated heterocycles. The quantitative estimate of drug-likeness (QED) is 0.556. The number of thiazole rings is 1. The van der Waals surface area contributed by atoms with E-state index in [-0.39, 0.29) is 0 Å². The van der Waals surface area contributed by atoms with Crippen molar-refractivity contribution < 1.29 is 8.78 Å². The van der Waals surface area contributed by atoms with Crippen molar-refractivity contribution >= 4 is 27.3 Å². The minimum Gasteiger partial charge on any atom is -0.236 e. The molecule has 0 bridgehead atoms. The summed E-state index contributed by atoms with van der Waals surface area (Å²) in [5.74, 6) is -1.19. The van der Waals surface area contributed by atoms with Gasteiger partial charge in [-0.2, -0.15) is 0 Å². The molecule has 0 atom stereocenters. The summed E-state index contributed by atoms with van der Waals surface area (Å²) in [5.41, 5.74) is 2.25. The van der Waals surface area contributed by atoms with Crippen LogP contribution in [-0.2, 0) is 0 Å². The third-order valence-corrected chi connectivity index (χ3v) is 4.75. The lowest BCUT2D eigenvalue weighted by molar-refractivity contribution is 0.584. The molecular weight excluding hydrogens is 356 g/mol. The van der Waals surface area contributed by atoms with Gasteiger partial charge in [0.1, 0.15) is 16.6 Å². The molecule has 2 aromatic carbocycles. The second-order valence-corrected chi connectivity index (χ2v) is 6.62. The summed E-state index contributed by atoms with van der Waals surface area (Å²) < 4.78 is 27.6. The first-order valence-corrected chi connectivity index (χ1v) is 7.84. The summed E-state index contributed by atoms with van der Waals surface area (Å²) >= 11 is 4.92. The third kappa shape index (κ3) is 2.89. The number of aryl methyl sites for hydroxylation is 1. The van der Waals surface area contributed by atoms with Crippen LogP contribution in [0, 0.1) is 18.6 Å². The molecule has 0 spiro atoms. The number of nitrogens with zero attached hydrogens (tertiary/aromatic N) is 1. The highest BCUT2D eigenvalue weighted by Crippen LogP contribution is 2.36. The molecule has 0 N–H and O–H groups in total. The highest BCUT2D eigenvalue weighted by molar-refractivity contribution is 9.10. The summed E-state index contributed by atoms with van der Waals surface area (Å²) in [7, 11) is 0. The molecule has 0 aliphatic heterocycles. The van der Waals surface area contributed by atoms with Crippen molar-refractivity contribution in [1.82, 2.24) is 4.98 Å². The fourth-order valence-corrected chi connectivity index (χ4v) is 3.49. The Morgan fingerprint density at radius 1 is 1.05 bits per heavy atom. The van der Waals surface area contributed by atoms with Gasteiger partial charge < -0.3 is 0 Å². The predicted octanol–water partition coefficient (Wildman–Crippen LogP) is 5.83. The van der Waals surface area contributed by atoms with Gasteiger partial charge in [-0.25, -0.2) is 13.8 Å². The van der Waals surface area contributed by atoms with Crippen LogP contribution in [0.3, 0.4) is 0 Å². The molecule has 0 aliphatic carbocycles. The molecule has 0 saturated carbocycles. The van der Waals surface area contributed by atoms with E-state index in [1.807, 2.05) is 31.2 Å². The van der Waals surface area contributed by atoms with Gasteiger partial charge in [0.05, 0.1) is 5.69 Å². The smallest absolute Gasteiger partial charge is 0.126 e. The van der Waals surface area contributed by atoms with Crippen molar-refractivity contribution in [2.24, 2.45) is 0 Å². The van der Waals surface area contributed by atoms with Gasteiger partial charge >= 0.3 is 0 Å². The second-order valence-electron chi connectivity index (χ2n) is 4.56. The van der Waals surface area contributed by atoms with Crippen LogP contribution in [0.5, 0.6) is 0 Å². The largest absolute Gasteiger partial charge is 0.236 e. The van der Waals surface area contributed by atoms with E-state index in [2.05, 4.69) is 20.9 Å². The fourth-order valence-electron chi connectivity index (χ4n) is 2.10. The molecule has 1 heterocycles. The molecule has 0 aliphatic rings. The van der Waals surface area contributed by atoms with E-state index in [0.29, 0.717) is 10.6 Å². The number of aromatic nitrogens is 1. The highest BCUT2D eigenvalue weighted by atomic mass is 79.9. The molecule has 1 nitrogen and oxygen atoms in total. The van der Waals surface area contributed by atoms with Crippen molar-refractivity contribution in [2.45, 2.75) is 6.92 Å². The maximum atomic E-state index is 13.3. The normalized spacial score (nSPS) is 10.9. The molecule has 5 heteroatoms. The lowest BCUT2D eigenvalue weighted by Crippen LogP contribution is -1.85. The average Bonchev–Trinajstić information content (AvgIpc) is 2.80. The number of rotatable bonds is 2. The molecule has 3 aromatic rings. The Balaban J connectivity index is 2.12. The fraction of sp³-hybridized carbons (Fsp3) is 0.0625. The van der Waals surface area contributed by atoms with Crippen LogP contribution in [-0.4, -0.2) is 4.98 Å². The topological polar surface area (TPSA) is 12.9 Å². The van der Waals surface area contributed by atoms with Crippen molar-refractivity contribution in [3.8, 4) is 21.8 Å². The Labute approximate surface area is 133 Å². The Hall–Kier alpha value is -1.59. The monoisotopic (exact) mass is 365 g/mol. The SMILES string of the molecule is Cc1sc(-c2cc(F)cc(F)c2)nc1-c1ccccc1Br. The van der Waals surface area contributed by atoms with Gasteiger partial charge in [0, 0.05) is 26.5 Å². The average molecular weight is 366 g/mol. The molecule has 3 rings (SSSR count). The number of halogens is 3. The van der Waals surface area contributed by atoms with Gasteiger partial charge in [-0.15, -0.1) is 11.3 Å². The number of hydrogen-bond donors (Lipinski definition) is 0. The molecule has 106 valence electrons. The van der Waals surface area contributed by atoms with Crippen LogP contribution in [0.25, 0.3) is 21.8 Å². The standard InChI is InChI=1S/C16H10BrF2NS/c1-9-15(13-4-2-3-5-14(13)17)20-16(21-9)10-6-11(18)8-12(19)7-10/h2-8H,1H3. The third-order valence-electron chi connectivity index (χ3n) is 3.04. The van der Waals surface area contributed by atoms with Crippen molar-refractivity contribution in [3.63, 3.8) is 0 Å². The van der Waals surface area contributed by atoms with Crippen LogP contribution in [0.1, 0.15) is 4.88 Å². The molecule has 0 fully saturated rings. The van der Waals surface area contributed by atoms with Gasteiger partial charge in [0.2, 0.25) is 0 Å². The Kier molecular flexibility index (Phi) is 3.87. The van der Waals surface area contributed by atoms with E-state index < -0.39 is 11.6 Å². The van der Waals surface area contributed by atoms with E-state index in [4.69, 9.17) is 0 Å². The van der Waals surface area contributed by atoms with Crippen molar-refractivity contribution in [1.29, 1.82) is 0 Å². The molecule has 1 aromatic heterocycles. The van der Waals surface area contributed by atoms with Gasteiger partial charge in [0.25, 0.3) is 0 Å². The zero-order chi connectivity index (χ0) is 15.0. The Morgan fingerprint density at radius 3 is 2.38 bits per heavy atom. The van der Waals surface area contributed by atoms with E-state index in [9.17, 15) is 8.78 Å². The van der Waals surface area contributed by atoms with Crippen molar-refractivity contribution in [3.05, 3.63) is 63.4 Å². The van der Waals surface area contributed by atoms with Crippen LogP contribution in [0.2, 0.25) is 0 Å². The molecule has 0 amide bonds. The van der Waals surface area contributed by atoms with Crippen LogP contribution in [0.4, 0.5) is 8.78 Å². The number of benzene rings is 2. The van der Waals surface area contributed by atoms with Crippen LogP contribution >= 0.6 is 27.3 Å². The van der Waals surface area contributed by atoms with Gasteiger partial charge in [0.15, 0.2) is 0 Å².